The van der Waals surface area contributed by atoms with E-state index in [0.717, 1.165) is 17.0 Å². The molecule has 0 saturated carbocycles. The molecule has 0 atom stereocenters. The third-order valence-corrected chi connectivity index (χ3v) is 2.43. The van der Waals surface area contributed by atoms with Crippen LogP contribution < -0.4 is 0 Å². The fourth-order valence-corrected chi connectivity index (χ4v) is 1.46. The van der Waals surface area contributed by atoms with Gasteiger partial charge in [0, 0.05) is 13.5 Å². The second kappa shape index (κ2) is 5.73. The Kier molecular flexibility index (Phi) is 4.52. The van der Waals surface area contributed by atoms with Gasteiger partial charge in [-0.3, -0.25) is 9.59 Å². The summed E-state index contributed by atoms with van der Waals surface area (Å²) < 4.78 is 37.0. The predicted octanol–water partition coefficient (Wildman–Crippen LogP) is 2.14. The first-order valence-corrected chi connectivity index (χ1v) is 5.33. The van der Waals surface area contributed by atoms with Gasteiger partial charge in [0.15, 0.2) is 0 Å². The summed E-state index contributed by atoms with van der Waals surface area (Å²) in [6, 6.07) is 4.24. The minimum absolute atomic E-state index is 0.0419. The Morgan fingerprint density at radius 3 is 2.11 bits per heavy atom. The van der Waals surface area contributed by atoms with E-state index in [4.69, 9.17) is 5.11 Å². The standard InChI is InChI=1S/C12H12F3NO3/c1-8(17)16(7-11(18)19)6-9-2-4-10(5-3-9)12(13,14)15/h2-5H,6-7H2,1H3,(H,18,19). The lowest BCUT2D eigenvalue weighted by molar-refractivity contribution is -0.144. The first kappa shape index (κ1) is 15.0. The third-order valence-electron chi connectivity index (χ3n) is 2.43. The van der Waals surface area contributed by atoms with Gasteiger partial charge in [-0.05, 0) is 17.7 Å². The van der Waals surface area contributed by atoms with Crippen molar-refractivity contribution in [3.63, 3.8) is 0 Å². The summed E-state index contributed by atoms with van der Waals surface area (Å²) in [5, 5.41) is 8.62. The molecule has 0 heterocycles. The number of benzene rings is 1. The molecule has 7 heteroatoms. The highest BCUT2D eigenvalue weighted by molar-refractivity contribution is 5.79. The van der Waals surface area contributed by atoms with Crippen LogP contribution in [0.5, 0.6) is 0 Å². The van der Waals surface area contributed by atoms with E-state index in [1.54, 1.807) is 0 Å². The molecule has 1 aromatic rings. The maximum atomic E-state index is 12.3. The van der Waals surface area contributed by atoms with Crippen molar-refractivity contribution in [2.24, 2.45) is 0 Å². The highest BCUT2D eigenvalue weighted by Crippen LogP contribution is 2.29. The molecule has 0 saturated heterocycles. The smallest absolute Gasteiger partial charge is 0.416 e. The molecule has 0 fully saturated rings. The number of carboxylic acids is 1. The zero-order valence-corrected chi connectivity index (χ0v) is 10.1. The summed E-state index contributed by atoms with van der Waals surface area (Å²) >= 11 is 0. The molecule has 0 spiro atoms. The first-order chi connectivity index (χ1) is 8.70. The van der Waals surface area contributed by atoms with Crippen molar-refractivity contribution in [3.05, 3.63) is 35.4 Å². The van der Waals surface area contributed by atoms with Gasteiger partial charge in [-0.25, -0.2) is 0 Å². The van der Waals surface area contributed by atoms with Crippen molar-refractivity contribution in [1.29, 1.82) is 0 Å². The number of hydrogen-bond acceptors (Lipinski definition) is 2. The number of nitrogens with zero attached hydrogens (tertiary/aromatic N) is 1. The van der Waals surface area contributed by atoms with Gasteiger partial charge >= 0.3 is 12.1 Å². The zero-order chi connectivity index (χ0) is 14.6. The van der Waals surface area contributed by atoms with Gasteiger partial charge in [-0.2, -0.15) is 13.2 Å². The number of carbonyl (C=O) groups excluding carboxylic acids is 1. The summed E-state index contributed by atoms with van der Waals surface area (Å²) in [5.41, 5.74) is -0.353. The second-order valence-electron chi connectivity index (χ2n) is 3.96. The van der Waals surface area contributed by atoms with Crippen LogP contribution in [0, 0.1) is 0 Å². The van der Waals surface area contributed by atoms with Gasteiger partial charge in [0.25, 0.3) is 0 Å². The number of amides is 1. The predicted molar refractivity (Wildman–Crippen MR) is 60.2 cm³/mol. The van der Waals surface area contributed by atoms with E-state index in [2.05, 4.69) is 0 Å². The molecular formula is C12H12F3NO3. The molecule has 0 aliphatic rings. The van der Waals surface area contributed by atoms with E-state index in [1.165, 1.54) is 19.1 Å². The Hall–Kier alpha value is -2.05. The van der Waals surface area contributed by atoms with Crippen LogP contribution in [-0.2, 0) is 22.3 Å². The van der Waals surface area contributed by atoms with Gasteiger partial charge in [-0.1, -0.05) is 12.1 Å². The molecule has 0 bridgehead atoms. The van der Waals surface area contributed by atoms with Gasteiger partial charge in [0.05, 0.1) is 5.56 Å². The minimum Gasteiger partial charge on any atom is -0.480 e. The van der Waals surface area contributed by atoms with E-state index in [-0.39, 0.29) is 6.54 Å². The topological polar surface area (TPSA) is 57.6 Å². The Labute approximate surface area is 107 Å². The molecule has 1 amide bonds. The Bertz CT molecular complexity index is 468. The summed E-state index contributed by atoms with van der Waals surface area (Å²) in [6.07, 6.45) is -4.42. The van der Waals surface area contributed by atoms with Crippen molar-refractivity contribution in [2.45, 2.75) is 19.6 Å². The maximum Gasteiger partial charge on any atom is 0.416 e. The lowest BCUT2D eigenvalue weighted by Gasteiger charge is -2.19. The number of hydrogen-bond donors (Lipinski definition) is 1. The molecule has 0 aromatic heterocycles. The molecule has 1 aromatic carbocycles. The SMILES string of the molecule is CC(=O)N(CC(=O)O)Cc1ccc(C(F)(F)F)cc1. The Balaban J connectivity index is 2.81. The molecule has 19 heavy (non-hydrogen) atoms. The van der Waals surface area contributed by atoms with Gasteiger partial charge < -0.3 is 10.0 Å². The average molecular weight is 275 g/mol. The van der Waals surface area contributed by atoms with Crippen molar-refractivity contribution in [3.8, 4) is 0 Å². The number of alkyl halides is 3. The Morgan fingerprint density at radius 2 is 1.74 bits per heavy atom. The van der Waals surface area contributed by atoms with Crippen LogP contribution >= 0.6 is 0 Å². The van der Waals surface area contributed by atoms with Crippen molar-refractivity contribution < 1.29 is 27.9 Å². The van der Waals surface area contributed by atoms with E-state index >= 15 is 0 Å². The number of carboxylic acid groups (broad SMARTS) is 1. The van der Waals surface area contributed by atoms with Crippen molar-refractivity contribution in [1.82, 2.24) is 4.90 Å². The van der Waals surface area contributed by atoms with Crippen LogP contribution in [0.4, 0.5) is 13.2 Å². The zero-order valence-electron chi connectivity index (χ0n) is 10.1. The quantitative estimate of drug-likeness (QED) is 0.915. The largest absolute Gasteiger partial charge is 0.480 e. The lowest BCUT2D eigenvalue weighted by Crippen LogP contribution is -2.33. The van der Waals surface area contributed by atoms with Gasteiger partial charge in [-0.15, -0.1) is 0 Å². The van der Waals surface area contributed by atoms with Crippen LogP contribution in [0.15, 0.2) is 24.3 Å². The summed E-state index contributed by atoms with van der Waals surface area (Å²) in [5.74, 6) is -1.63. The fourth-order valence-electron chi connectivity index (χ4n) is 1.46. The van der Waals surface area contributed by atoms with Gasteiger partial charge in [0.2, 0.25) is 5.91 Å². The fraction of sp³-hybridized carbons (Fsp3) is 0.333. The second-order valence-corrected chi connectivity index (χ2v) is 3.96. The van der Waals surface area contributed by atoms with E-state index < -0.39 is 30.2 Å². The van der Waals surface area contributed by atoms with Crippen LogP contribution in [0.1, 0.15) is 18.1 Å². The molecule has 0 unspecified atom stereocenters. The molecule has 4 nitrogen and oxygen atoms in total. The number of carbonyl (C=O) groups is 2. The highest BCUT2D eigenvalue weighted by atomic mass is 19.4. The van der Waals surface area contributed by atoms with Gasteiger partial charge in [0.1, 0.15) is 6.54 Å². The summed E-state index contributed by atoms with van der Waals surface area (Å²) in [7, 11) is 0. The van der Waals surface area contributed by atoms with E-state index in [1.807, 2.05) is 0 Å². The lowest BCUT2D eigenvalue weighted by atomic mass is 10.1. The molecule has 1 N–H and O–H groups in total. The minimum atomic E-state index is -4.42. The van der Waals surface area contributed by atoms with Crippen LogP contribution in [0.3, 0.4) is 0 Å². The molecule has 0 aliphatic heterocycles. The highest BCUT2D eigenvalue weighted by Gasteiger charge is 2.30. The maximum absolute atomic E-state index is 12.3. The molecule has 104 valence electrons. The van der Waals surface area contributed by atoms with E-state index in [9.17, 15) is 22.8 Å². The molecule has 0 radical (unpaired) electrons. The number of halogens is 3. The average Bonchev–Trinajstić information content (AvgIpc) is 2.27. The number of rotatable bonds is 4. The van der Waals surface area contributed by atoms with Crippen LogP contribution in [0.25, 0.3) is 0 Å². The molecule has 1 rings (SSSR count). The third kappa shape index (κ3) is 4.61. The monoisotopic (exact) mass is 275 g/mol. The van der Waals surface area contributed by atoms with E-state index in [0.29, 0.717) is 5.56 Å². The first-order valence-electron chi connectivity index (χ1n) is 5.33. The summed E-state index contributed by atoms with van der Waals surface area (Å²) in [4.78, 5) is 22.8. The van der Waals surface area contributed by atoms with Crippen molar-refractivity contribution >= 4 is 11.9 Å². The number of aliphatic carboxylic acids is 1. The molecule has 0 aliphatic carbocycles. The van der Waals surface area contributed by atoms with Crippen LogP contribution in [0.2, 0.25) is 0 Å². The summed E-state index contributed by atoms with van der Waals surface area (Å²) in [6.45, 7) is 0.670. The normalized spacial score (nSPS) is 11.2. The van der Waals surface area contributed by atoms with Crippen LogP contribution in [-0.4, -0.2) is 28.4 Å². The van der Waals surface area contributed by atoms with Crippen molar-refractivity contribution in [2.75, 3.05) is 6.54 Å². The molecular weight excluding hydrogens is 263 g/mol. The Morgan fingerprint density at radius 1 is 1.21 bits per heavy atom.